The zero-order valence-corrected chi connectivity index (χ0v) is 13.0. The van der Waals surface area contributed by atoms with E-state index >= 15 is 0 Å². The number of nitriles is 1. The van der Waals surface area contributed by atoms with Crippen LogP contribution in [0.25, 0.3) is 0 Å². The Morgan fingerprint density at radius 1 is 1.15 bits per heavy atom. The van der Waals surface area contributed by atoms with E-state index in [9.17, 15) is 10.4 Å². The minimum atomic E-state index is 0.305. The molecule has 3 fully saturated rings. The van der Waals surface area contributed by atoms with Crippen LogP contribution >= 0.6 is 0 Å². The maximum absolute atomic E-state index is 9.45. The molecule has 112 valence electrons. The summed E-state index contributed by atoms with van der Waals surface area (Å²) >= 11 is 0. The van der Waals surface area contributed by atoms with Crippen LogP contribution in [0.4, 0.5) is 0 Å². The lowest BCUT2D eigenvalue weighted by Gasteiger charge is -2.53. The van der Waals surface area contributed by atoms with Crippen LogP contribution in [0.1, 0.15) is 58.8 Å². The van der Waals surface area contributed by atoms with Crippen molar-refractivity contribution in [3.8, 4) is 6.07 Å². The molecule has 0 radical (unpaired) electrons. The molecule has 0 aromatic heterocycles. The maximum Gasteiger partial charge on any atom is 0.0661 e. The Morgan fingerprint density at radius 3 is 2.65 bits per heavy atom. The van der Waals surface area contributed by atoms with E-state index in [1.54, 1.807) is 0 Å². The van der Waals surface area contributed by atoms with Crippen LogP contribution in [0.2, 0.25) is 0 Å². The van der Waals surface area contributed by atoms with E-state index in [4.69, 9.17) is 0 Å². The monoisotopic (exact) mass is 275 g/mol. The van der Waals surface area contributed by atoms with E-state index in [0.29, 0.717) is 17.9 Å². The first-order valence-electron chi connectivity index (χ1n) is 8.62. The number of aliphatic hydroxyl groups excluding tert-OH is 1. The number of hydrogen-bond acceptors (Lipinski definition) is 2. The molecule has 0 amide bonds. The maximum atomic E-state index is 9.45. The van der Waals surface area contributed by atoms with Crippen molar-refractivity contribution >= 4 is 0 Å². The lowest BCUT2D eigenvalue weighted by Crippen LogP contribution is -2.46. The summed E-state index contributed by atoms with van der Waals surface area (Å²) in [7, 11) is 0. The van der Waals surface area contributed by atoms with Gasteiger partial charge in [0.15, 0.2) is 0 Å². The third kappa shape index (κ3) is 2.01. The smallest absolute Gasteiger partial charge is 0.0661 e. The van der Waals surface area contributed by atoms with Crippen molar-refractivity contribution in [2.45, 2.75) is 58.8 Å². The van der Waals surface area contributed by atoms with Crippen LogP contribution in [0.15, 0.2) is 0 Å². The molecule has 7 atom stereocenters. The molecule has 2 heteroatoms. The molecule has 3 rings (SSSR count). The van der Waals surface area contributed by atoms with Crippen molar-refractivity contribution < 1.29 is 5.11 Å². The van der Waals surface area contributed by atoms with Gasteiger partial charge < -0.3 is 5.11 Å². The molecular weight excluding hydrogens is 246 g/mol. The van der Waals surface area contributed by atoms with Crippen LogP contribution in [-0.4, -0.2) is 11.7 Å². The van der Waals surface area contributed by atoms with Crippen LogP contribution in [0.3, 0.4) is 0 Å². The molecule has 0 saturated heterocycles. The Labute approximate surface area is 123 Å². The summed E-state index contributed by atoms with van der Waals surface area (Å²) in [5.41, 5.74) is 0.305. The van der Waals surface area contributed by atoms with Gasteiger partial charge in [0.05, 0.1) is 12.0 Å². The zero-order valence-electron chi connectivity index (χ0n) is 13.0. The SMILES string of the molecule is C[C@@H]1[C@H](CCO)CC[C@@H]2[C@@H]1CC[C@]1(C)[C@@H](C#N)CC[C@@H]21. The molecule has 20 heavy (non-hydrogen) atoms. The van der Waals surface area contributed by atoms with Crippen LogP contribution in [-0.2, 0) is 0 Å². The normalized spacial score (nSPS) is 51.1. The first-order valence-corrected chi connectivity index (χ1v) is 8.62. The Kier molecular flexibility index (Phi) is 3.84. The Hall–Kier alpha value is -0.550. The summed E-state index contributed by atoms with van der Waals surface area (Å²) in [6, 6.07) is 2.61. The molecule has 0 aliphatic heterocycles. The second kappa shape index (κ2) is 5.34. The quantitative estimate of drug-likeness (QED) is 0.828. The zero-order chi connectivity index (χ0) is 14.3. The third-order valence-corrected chi connectivity index (χ3v) is 7.44. The van der Waals surface area contributed by atoms with Gasteiger partial charge >= 0.3 is 0 Å². The second-order valence-corrected chi connectivity index (χ2v) is 7.95. The van der Waals surface area contributed by atoms with Crippen molar-refractivity contribution in [1.29, 1.82) is 5.26 Å². The average Bonchev–Trinajstić information content (AvgIpc) is 2.78. The predicted octanol–water partition coefficient (Wildman–Crippen LogP) is 4.00. The fraction of sp³-hybridized carbons (Fsp3) is 0.944. The molecule has 1 N–H and O–H groups in total. The number of rotatable bonds is 2. The largest absolute Gasteiger partial charge is 0.396 e. The van der Waals surface area contributed by atoms with E-state index in [-0.39, 0.29) is 0 Å². The van der Waals surface area contributed by atoms with E-state index in [1.165, 1.54) is 32.1 Å². The van der Waals surface area contributed by atoms with Gasteiger partial charge in [0.25, 0.3) is 0 Å². The molecule has 3 aliphatic carbocycles. The highest BCUT2D eigenvalue weighted by molar-refractivity contribution is 5.09. The summed E-state index contributed by atoms with van der Waals surface area (Å²) in [5.74, 6) is 4.32. The Morgan fingerprint density at radius 2 is 1.95 bits per heavy atom. The molecule has 3 saturated carbocycles. The van der Waals surface area contributed by atoms with E-state index in [2.05, 4.69) is 19.9 Å². The van der Waals surface area contributed by atoms with Crippen LogP contribution in [0.5, 0.6) is 0 Å². The van der Waals surface area contributed by atoms with Crippen molar-refractivity contribution in [3.05, 3.63) is 0 Å². The summed E-state index contributed by atoms with van der Waals surface area (Å²) in [5, 5.41) is 18.7. The fourth-order valence-corrected chi connectivity index (χ4v) is 6.19. The van der Waals surface area contributed by atoms with Gasteiger partial charge in [-0.3, -0.25) is 0 Å². The topological polar surface area (TPSA) is 44.0 Å². The number of hydrogen-bond donors (Lipinski definition) is 1. The number of fused-ring (bicyclic) bond motifs is 3. The van der Waals surface area contributed by atoms with Crippen molar-refractivity contribution in [1.82, 2.24) is 0 Å². The van der Waals surface area contributed by atoms with Gasteiger partial charge in [-0.1, -0.05) is 13.8 Å². The standard InChI is InChI=1S/C18H29NO/c1-12-13(8-10-20)3-5-16-15(12)7-9-18(2)14(11-19)4-6-17(16)18/h12-17,20H,3-10H2,1-2H3/t12-,13+,14-,15-,16-,17+,18-/m1/s1. The molecular formula is C18H29NO. The molecule has 0 heterocycles. The molecule has 3 aliphatic rings. The number of aliphatic hydroxyl groups is 1. The minimum absolute atomic E-state index is 0.305. The third-order valence-electron chi connectivity index (χ3n) is 7.44. The van der Waals surface area contributed by atoms with Crippen LogP contribution in [0, 0.1) is 52.3 Å². The van der Waals surface area contributed by atoms with Crippen molar-refractivity contribution in [2.24, 2.45) is 40.9 Å². The van der Waals surface area contributed by atoms with E-state index in [0.717, 1.165) is 42.4 Å². The van der Waals surface area contributed by atoms with Gasteiger partial charge in [-0.15, -0.1) is 0 Å². The van der Waals surface area contributed by atoms with Gasteiger partial charge in [-0.25, -0.2) is 0 Å². The molecule has 0 aromatic rings. The fourth-order valence-electron chi connectivity index (χ4n) is 6.19. The van der Waals surface area contributed by atoms with Gasteiger partial charge in [-0.05, 0) is 80.0 Å². The first-order chi connectivity index (χ1) is 9.61. The molecule has 0 bridgehead atoms. The first kappa shape index (κ1) is 14.4. The summed E-state index contributed by atoms with van der Waals surface area (Å²) in [6.07, 6.45) is 8.63. The summed E-state index contributed by atoms with van der Waals surface area (Å²) < 4.78 is 0. The van der Waals surface area contributed by atoms with Gasteiger partial charge in [-0.2, -0.15) is 5.26 Å². The highest BCUT2D eigenvalue weighted by Gasteiger charge is 2.55. The van der Waals surface area contributed by atoms with Crippen LogP contribution < -0.4 is 0 Å². The lowest BCUT2D eigenvalue weighted by atomic mass is 9.51. The highest BCUT2D eigenvalue weighted by Crippen LogP contribution is 2.62. The predicted molar refractivity (Wildman–Crippen MR) is 79.7 cm³/mol. The van der Waals surface area contributed by atoms with Crippen molar-refractivity contribution in [2.75, 3.05) is 6.61 Å². The Bertz CT molecular complexity index is 401. The number of nitrogens with zero attached hydrogens (tertiary/aromatic N) is 1. The molecule has 2 nitrogen and oxygen atoms in total. The van der Waals surface area contributed by atoms with Gasteiger partial charge in [0.1, 0.15) is 0 Å². The van der Waals surface area contributed by atoms with E-state index in [1.807, 2.05) is 0 Å². The Balaban J connectivity index is 1.78. The molecule has 0 unspecified atom stereocenters. The average molecular weight is 275 g/mol. The van der Waals surface area contributed by atoms with Gasteiger partial charge in [0, 0.05) is 6.61 Å². The minimum Gasteiger partial charge on any atom is -0.396 e. The van der Waals surface area contributed by atoms with Crippen molar-refractivity contribution in [3.63, 3.8) is 0 Å². The second-order valence-electron chi connectivity index (χ2n) is 7.95. The summed E-state index contributed by atoms with van der Waals surface area (Å²) in [4.78, 5) is 0. The summed E-state index contributed by atoms with van der Waals surface area (Å²) in [6.45, 7) is 5.18. The molecule has 0 aromatic carbocycles. The van der Waals surface area contributed by atoms with Gasteiger partial charge in [0.2, 0.25) is 0 Å². The van der Waals surface area contributed by atoms with E-state index < -0.39 is 0 Å². The lowest BCUT2D eigenvalue weighted by molar-refractivity contribution is -0.0434. The highest BCUT2D eigenvalue weighted by atomic mass is 16.3. The molecule has 0 spiro atoms.